The summed E-state index contributed by atoms with van der Waals surface area (Å²) < 4.78 is 46.2. The van der Waals surface area contributed by atoms with E-state index in [2.05, 4.69) is 0 Å². The maximum atomic E-state index is 11.6. The van der Waals surface area contributed by atoms with E-state index >= 15 is 0 Å². The van der Waals surface area contributed by atoms with Gasteiger partial charge in [-0.2, -0.15) is 0 Å². The number of carbonyl (C=O) groups excluding carboxylic acids is 8. The Morgan fingerprint density at radius 3 is 1.38 bits per heavy atom. The Morgan fingerprint density at radius 1 is 0.327 bits per heavy atom. The Hall–Kier alpha value is -4.12. The van der Waals surface area contributed by atoms with E-state index < -0.39 is 0 Å². The summed E-state index contributed by atoms with van der Waals surface area (Å²) in [5.74, 6) is 6.96. The van der Waals surface area contributed by atoms with Gasteiger partial charge in [-0.25, -0.2) is 0 Å². The summed E-state index contributed by atoms with van der Waals surface area (Å²) in [6, 6.07) is 0. The number of fused-ring (bicyclic) bond motifs is 11. The number of esters is 7. The zero-order chi connectivity index (χ0) is 75.8. The van der Waals surface area contributed by atoms with Crippen LogP contribution in [0.15, 0.2) is 0 Å². The van der Waals surface area contributed by atoms with E-state index in [9.17, 15) is 38.4 Å². The summed E-state index contributed by atoms with van der Waals surface area (Å²) >= 11 is 0. The van der Waals surface area contributed by atoms with Crippen LogP contribution in [0.5, 0.6) is 0 Å². The zero-order valence-electron chi connectivity index (χ0n) is 67.8. The van der Waals surface area contributed by atoms with Crippen LogP contribution in [0, 0.1) is 75.9 Å². The Kier molecular flexibility index (Phi) is 46.4. The molecule has 0 radical (unpaired) electrons. The van der Waals surface area contributed by atoms with Crippen LogP contribution in [0.4, 0.5) is 0 Å². The largest absolute Gasteiger partial charge is 0.465 e. The van der Waals surface area contributed by atoms with Gasteiger partial charge in [0.1, 0.15) is 43.2 Å². The molecule has 22 fully saturated rings. The first-order valence-electron chi connectivity index (χ1n) is 42.4. The second-order valence-electron chi connectivity index (χ2n) is 27.9. The second kappa shape index (κ2) is 50.4. The van der Waals surface area contributed by atoms with Crippen LogP contribution in [0.3, 0.4) is 0 Å². The van der Waals surface area contributed by atoms with Crippen molar-refractivity contribution >= 4 is 47.6 Å². The van der Waals surface area contributed by atoms with Gasteiger partial charge in [-0.05, 0) is 190 Å². The van der Waals surface area contributed by atoms with E-state index in [1.807, 2.05) is 138 Å². The van der Waals surface area contributed by atoms with Gasteiger partial charge in [0.15, 0.2) is 5.78 Å². The fourth-order valence-corrected chi connectivity index (χ4v) is 18.7. The number of hydrogen-bond donors (Lipinski definition) is 0. The number of rotatable bonds is 0. The van der Waals surface area contributed by atoms with Crippen LogP contribution in [0.1, 0.15) is 344 Å². The third-order valence-electron chi connectivity index (χ3n) is 23.0. The Labute approximate surface area is 614 Å². The first-order chi connectivity index (χ1) is 49.3. The van der Waals surface area contributed by atoms with Gasteiger partial charge in [-0.1, -0.05) is 171 Å². The van der Waals surface area contributed by atoms with Crippen molar-refractivity contribution in [2.24, 2.45) is 75.9 Å². The molecule has 0 N–H and O–H groups in total. The summed E-state index contributed by atoms with van der Waals surface area (Å²) in [4.78, 5) is 88.4. The lowest BCUT2D eigenvalue weighted by Crippen LogP contribution is -2.39. The minimum absolute atomic E-state index is 0.00289. The van der Waals surface area contributed by atoms with E-state index in [-0.39, 0.29) is 94.8 Å². The van der Waals surface area contributed by atoms with Crippen molar-refractivity contribution in [1.82, 2.24) is 0 Å². The SMILES string of the molecule is CC.CC.CC.CC.CC.CC.CC.CC.CC.CC.O=C1CC2CCCC2O1.O=C1CC2OCCC2O1.O=C1COC2CCCC12.O=C1OC2CC3CC(C2)CC1C3.O=C1OC2CC3CC2CC13.O=C1OC2CCC1CC2.O=C1OCCC12CC1CCC2C1.O=C1OCCC12CCCCC2. The van der Waals surface area contributed by atoms with Crippen molar-refractivity contribution in [3.63, 3.8) is 0 Å². The van der Waals surface area contributed by atoms with E-state index in [0.717, 1.165) is 146 Å². The lowest BCUT2D eigenvalue weighted by atomic mass is 9.68. The molecule has 15 unspecified atom stereocenters. The van der Waals surface area contributed by atoms with Crippen LogP contribution >= 0.6 is 0 Å². The van der Waals surface area contributed by atoms with Crippen LogP contribution in [-0.4, -0.2) is 117 Å². The molecule has 101 heavy (non-hydrogen) atoms. The van der Waals surface area contributed by atoms with Crippen LogP contribution in [0.2, 0.25) is 0 Å². The summed E-state index contributed by atoms with van der Waals surface area (Å²) in [6.45, 7) is 42.5. The molecule has 12 bridgehead atoms. The van der Waals surface area contributed by atoms with E-state index in [4.69, 9.17) is 42.6 Å². The molecule has 15 atom stereocenters. The second-order valence-corrected chi connectivity index (χ2v) is 27.9. The molecule has 12 heterocycles. The third-order valence-corrected chi connectivity index (χ3v) is 23.0. The Balaban J connectivity index is 0.000000379. The van der Waals surface area contributed by atoms with Crippen LogP contribution in [0.25, 0.3) is 0 Å². The van der Waals surface area contributed by atoms with Crippen molar-refractivity contribution in [2.75, 3.05) is 26.4 Å². The van der Waals surface area contributed by atoms with Crippen molar-refractivity contribution in [3.8, 4) is 0 Å². The van der Waals surface area contributed by atoms with E-state index in [1.165, 1.54) is 77.0 Å². The van der Waals surface area contributed by atoms with E-state index in [1.54, 1.807) is 0 Å². The standard InChI is InChI=1S/2C10H14O2.C9H14O2.C8H10O2.3C7H10O2.C6H8O3.10C2H6/c11-10-8-2-6-1-7(3-8)5-9(4-6)12-10;11-9-10(3-4-12-9)6-7-1-2-8(10)5-7;10-8-9(6-7-11-8)4-2-1-3-5-9;9-8-6-2-5-1-4(6)3-7(5)10-8;8-7-5-1-3-6(9-7)4-2-5;8-6-4-9-7-3-1-2-5(6)7;8-7-4-5-2-1-3-6(5)9-7;7-6-3-5-4(9-6)1-2-8-5;10*1-2/h6-9H,1-5H2;7-8H,1-6H2;1-7H2;4-7H,1-3H2;5-6H,1-4H2;5,7H,1-4H2;5-6H,1-4H2;4-5H,1-3H2;10*1-2H3. The summed E-state index contributed by atoms with van der Waals surface area (Å²) in [6.07, 6.45) is 37.4. The minimum atomic E-state index is -0.107. The van der Waals surface area contributed by atoms with Crippen molar-refractivity contribution in [2.45, 2.75) is 387 Å². The molecule has 588 valence electrons. The number of Topliss-reactive ketones (excluding diaryl/α,β-unsaturated/α-hetero) is 1. The smallest absolute Gasteiger partial charge is 0.312 e. The van der Waals surface area contributed by atoms with Crippen molar-refractivity contribution < 1.29 is 81.0 Å². The molecule has 0 aromatic heterocycles. The topological polar surface area (TPSA) is 220 Å². The minimum Gasteiger partial charge on any atom is -0.465 e. The quantitative estimate of drug-likeness (QED) is 0.163. The third kappa shape index (κ3) is 25.8. The molecule has 22 rings (SSSR count). The molecular formula is C84H150O17. The van der Waals surface area contributed by atoms with Crippen molar-refractivity contribution in [3.05, 3.63) is 0 Å². The van der Waals surface area contributed by atoms with Gasteiger partial charge in [0.2, 0.25) is 0 Å². The van der Waals surface area contributed by atoms with Crippen LogP contribution < -0.4 is 0 Å². The number of ketones is 1. The molecule has 12 aliphatic heterocycles. The number of cyclic esters (lactones) is 2. The van der Waals surface area contributed by atoms with Gasteiger partial charge in [0, 0.05) is 18.3 Å². The lowest BCUT2D eigenvalue weighted by Gasteiger charge is -2.35. The average molecular weight is 1430 g/mol. The molecule has 17 heteroatoms. The van der Waals surface area contributed by atoms with Crippen LogP contribution in [-0.2, 0) is 81.0 Å². The summed E-state index contributed by atoms with van der Waals surface area (Å²) in [5.41, 5.74) is -0.0266. The van der Waals surface area contributed by atoms with Gasteiger partial charge < -0.3 is 42.6 Å². The molecule has 17 nitrogen and oxygen atoms in total. The van der Waals surface area contributed by atoms with E-state index in [0.29, 0.717) is 80.4 Å². The summed E-state index contributed by atoms with van der Waals surface area (Å²) in [7, 11) is 0. The van der Waals surface area contributed by atoms with Gasteiger partial charge in [0.05, 0.1) is 67.3 Å². The first-order valence-corrected chi connectivity index (χ1v) is 42.4. The predicted molar refractivity (Wildman–Crippen MR) is 400 cm³/mol. The van der Waals surface area contributed by atoms with Gasteiger partial charge in [0.25, 0.3) is 0 Å². The number of carbonyl (C=O) groups is 8. The molecule has 12 saturated heterocycles. The highest BCUT2D eigenvalue weighted by molar-refractivity contribution is 5.85. The van der Waals surface area contributed by atoms with Gasteiger partial charge in [-0.3, -0.25) is 38.4 Å². The molecule has 10 aliphatic carbocycles. The Bertz CT molecular complexity index is 2260. The molecule has 0 aromatic carbocycles. The van der Waals surface area contributed by atoms with Gasteiger partial charge in [-0.15, -0.1) is 0 Å². The molecular weight excluding hydrogens is 1280 g/mol. The fraction of sp³-hybridized carbons (Fsp3) is 0.905. The normalized spacial score (nSPS) is 35.8. The molecule has 0 aromatic rings. The highest BCUT2D eigenvalue weighted by Crippen LogP contribution is 2.60. The van der Waals surface area contributed by atoms with Gasteiger partial charge >= 0.3 is 41.8 Å². The number of ether oxygens (including phenoxy) is 9. The fourth-order valence-electron chi connectivity index (χ4n) is 18.7. The monoisotopic (exact) mass is 1430 g/mol. The zero-order valence-corrected chi connectivity index (χ0v) is 67.8. The highest BCUT2D eigenvalue weighted by atomic mass is 16.6. The lowest BCUT2D eigenvalue weighted by molar-refractivity contribution is -0.170. The number of hydrogen-bond acceptors (Lipinski definition) is 17. The maximum absolute atomic E-state index is 11.6. The Morgan fingerprint density at radius 2 is 0.901 bits per heavy atom. The molecule has 2 spiro atoms. The maximum Gasteiger partial charge on any atom is 0.312 e. The summed E-state index contributed by atoms with van der Waals surface area (Å²) in [5, 5.41) is 0. The predicted octanol–water partition coefficient (Wildman–Crippen LogP) is 19.6. The highest BCUT2D eigenvalue weighted by Gasteiger charge is 2.59. The molecule has 0 amide bonds. The molecule has 10 saturated carbocycles. The first kappa shape index (κ1) is 93.0. The average Bonchev–Trinajstić information content (AvgIpc) is 1.61. The van der Waals surface area contributed by atoms with Crippen molar-refractivity contribution in [1.29, 1.82) is 0 Å². The molecule has 22 aliphatic rings.